The summed E-state index contributed by atoms with van der Waals surface area (Å²) in [5.74, 6) is -2.53. The van der Waals surface area contributed by atoms with Crippen molar-refractivity contribution in [3.8, 4) is 17.2 Å². The van der Waals surface area contributed by atoms with Crippen LogP contribution in [0.1, 0.15) is 81.7 Å². The number of rotatable bonds is 12. The highest BCUT2D eigenvalue weighted by molar-refractivity contribution is 8.76. The Morgan fingerprint density at radius 2 is 1.90 bits per heavy atom. The maximum atomic E-state index is 14.2. The molecule has 1 aromatic heterocycles. The molecule has 1 saturated carbocycles. The summed E-state index contributed by atoms with van der Waals surface area (Å²) < 4.78 is 30.1. The van der Waals surface area contributed by atoms with E-state index in [0.717, 1.165) is 5.03 Å². The molecule has 16 nitrogen and oxygen atoms in total. The minimum Gasteiger partial charge on any atom is -0.507 e. The molecule has 3 aliphatic carbocycles. The van der Waals surface area contributed by atoms with E-state index in [1.807, 2.05) is 18.2 Å². The van der Waals surface area contributed by atoms with Gasteiger partial charge in [0.2, 0.25) is 11.7 Å². The van der Waals surface area contributed by atoms with Crippen molar-refractivity contribution in [2.45, 2.75) is 86.5 Å². The van der Waals surface area contributed by atoms with Gasteiger partial charge in [-0.05, 0) is 47.8 Å². The zero-order valence-electron chi connectivity index (χ0n) is 32.7. The molecule has 2 aliphatic heterocycles. The lowest BCUT2D eigenvalue weighted by molar-refractivity contribution is -0.245. The van der Waals surface area contributed by atoms with Crippen LogP contribution in [-0.4, -0.2) is 130 Å². The summed E-state index contributed by atoms with van der Waals surface area (Å²) in [5, 5.41) is 52.2. The lowest BCUT2D eigenvalue weighted by Gasteiger charge is -2.44. The van der Waals surface area contributed by atoms with Gasteiger partial charge in [0.15, 0.2) is 18.3 Å². The van der Waals surface area contributed by atoms with Crippen LogP contribution in [0.15, 0.2) is 52.7 Å². The predicted octanol–water partition coefficient (Wildman–Crippen LogP) is 3.50. The maximum absolute atomic E-state index is 14.2. The number of amides is 1. The van der Waals surface area contributed by atoms with Crippen molar-refractivity contribution in [2.75, 3.05) is 39.7 Å². The molecule has 5 N–H and O–H groups in total. The normalized spacial score (nSPS) is 28.9. The summed E-state index contributed by atoms with van der Waals surface area (Å²) >= 11 is 0. The number of ketones is 2. The zero-order chi connectivity index (χ0) is 41.6. The van der Waals surface area contributed by atoms with Crippen molar-refractivity contribution in [3.63, 3.8) is 0 Å². The second-order valence-electron chi connectivity index (χ2n) is 15.3. The van der Waals surface area contributed by atoms with E-state index < -0.39 is 83.5 Å². The molecular weight excluding hydrogens is 805 g/mol. The number of aromatic hydroxyl groups is 2. The first-order valence-electron chi connectivity index (χ1n) is 19.5. The molecular formula is C41H46N4O12S2. The number of methoxy groups -OCH3 is 2. The monoisotopic (exact) mass is 850 g/mol. The number of ether oxygens (including phenoxy) is 5. The topological polar surface area (TPSA) is 219 Å². The average molecular weight is 851 g/mol. The molecule has 8 atom stereocenters. The molecule has 59 heavy (non-hydrogen) atoms. The zero-order valence-corrected chi connectivity index (χ0v) is 34.3. The number of aliphatic hydroxyl groups excluding tert-OH is 1. The number of carbonyl (C=O) groups is 3. The van der Waals surface area contributed by atoms with Gasteiger partial charge in [0, 0.05) is 67.6 Å². The molecule has 3 heterocycles. The number of aliphatic hydroxyl groups is 2. The quantitative estimate of drug-likeness (QED) is 0.0453. The van der Waals surface area contributed by atoms with Gasteiger partial charge < -0.3 is 44.1 Å². The van der Waals surface area contributed by atoms with E-state index in [4.69, 9.17) is 23.7 Å². The Kier molecular flexibility index (Phi) is 12.1. The molecule has 2 aromatic carbocycles. The van der Waals surface area contributed by atoms with Crippen molar-refractivity contribution < 1.29 is 58.5 Å². The van der Waals surface area contributed by atoms with Crippen molar-refractivity contribution in [1.82, 2.24) is 15.3 Å². The van der Waals surface area contributed by atoms with Crippen molar-refractivity contribution in [3.05, 3.63) is 76.0 Å². The highest BCUT2D eigenvalue weighted by Crippen LogP contribution is 2.53. The number of phenols is 2. The molecule has 0 spiro atoms. The number of morpholine rings is 1. The van der Waals surface area contributed by atoms with Crippen molar-refractivity contribution in [1.29, 1.82) is 0 Å². The third-order valence-electron chi connectivity index (χ3n) is 11.9. The Bertz CT molecular complexity index is 2160. The minimum atomic E-state index is -2.05. The molecule has 0 radical (unpaired) electrons. The fourth-order valence-electron chi connectivity index (χ4n) is 9.16. The number of fused-ring (bicyclic) bond motifs is 6. The summed E-state index contributed by atoms with van der Waals surface area (Å²) in [4.78, 5) is 47.6. The minimum absolute atomic E-state index is 0.00259. The van der Waals surface area contributed by atoms with Gasteiger partial charge in [-0.15, -0.1) is 0 Å². The number of hydrazone groups is 1. The first kappa shape index (κ1) is 41.6. The van der Waals surface area contributed by atoms with Crippen LogP contribution < -0.4 is 10.2 Å². The third-order valence-corrected chi connectivity index (χ3v) is 14.1. The van der Waals surface area contributed by atoms with Crippen LogP contribution in [0, 0.1) is 5.92 Å². The summed E-state index contributed by atoms with van der Waals surface area (Å²) in [7, 11) is 5.79. The number of carbonyl (C=O) groups excluding carboxylic acids is 3. The number of nitrogens with zero attached hydrogens (tertiary/aromatic N) is 3. The molecule has 0 bridgehead atoms. The van der Waals surface area contributed by atoms with Gasteiger partial charge in [0.1, 0.15) is 27.9 Å². The molecule has 3 aromatic rings. The number of aromatic nitrogens is 1. The molecule has 314 valence electrons. The van der Waals surface area contributed by atoms with Crippen LogP contribution in [0.2, 0.25) is 0 Å². The van der Waals surface area contributed by atoms with E-state index in [0.29, 0.717) is 31.7 Å². The molecule has 18 heteroatoms. The van der Waals surface area contributed by atoms with Gasteiger partial charge in [0.25, 0.3) is 0 Å². The van der Waals surface area contributed by atoms with E-state index in [-0.39, 0.29) is 64.6 Å². The van der Waals surface area contributed by atoms with Crippen molar-refractivity contribution in [2.24, 2.45) is 11.0 Å². The molecule has 1 amide bonds. The predicted molar refractivity (Wildman–Crippen MR) is 215 cm³/mol. The smallest absolute Gasteiger partial charge is 0.240 e. The fraction of sp³-hybridized carbons (Fsp3) is 0.488. The highest BCUT2D eigenvalue weighted by Gasteiger charge is 2.54. The number of hydrogen-bond acceptors (Lipinski definition) is 17. The summed E-state index contributed by atoms with van der Waals surface area (Å²) in [6.07, 6.45) is -0.706. The molecule has 0 unspecified atom stereocenters. The maximum Gasteiger partial charge on any atom is 0.240 e. The third kappa shape index (κ3) is 7.63. The Balaban J connectivity index is 1.12. The first-order valence-corrected chi connectivity index (χ1v) is 21.8. The summed E-state index contributed by atoms with van der Waals surface area (Å²) in [6, 6.07) is 9.98. The number of phenolic OH excluding ortho intramolecular Hbond substituents is 2. The van der Waals surface area contributed by atoms with E-state index in [9.17, 15) is 34.8 Å². The van der Waals surface area contributed by atoms with E-state index >= 15 is 0 Å². The van der Waals surface area contributed by atoms with Crippen molar-refractivity contribution >= 4 is 44.8 Å². The van der Waals surface area contributed by atoms with E-state index in [2.05, 4.69) is 27.3 Å². The van der Waals surface area contributed by atoms with Gasteiger partial charge in [-0.3, -0.25) is 19.3 Å². The second-order valence-corrected chi connectivity index (χ2v) is 17.8. The molecule has 2 saturated heterocycles. The molecule has 3 fully saturated rings. The molecule has 8 rings (SSSR count). The number of pyridine rings is 1. The van der Waals surface area contributed by atoms with Crippen LogP contribution in [0.4, 0.5) is 0 Å². The second kappa shape index (κ2) is 17.1. The number of nitrogens with one attached hydrogen (secondary N) is 1. The largest absolute Gasteiger partial charge is 0.507 e. The van der Waals surface area contributed by atoms with Gasteiger partial charge >= 0.3 is 0 Å². The van der Waals surface area contributed by atoms with Gasteiger partial charge in [-0.25, -0.2) is 10.4 Å². The summed E-state index contributed by atoms with van der Waals surface area (Å²) in [5.41, 5.74) is -0.733. The Morgan fingerprint density at radius 1 is 1.08 bits per heavy atom. The fourth-order valence-corrected chi connectivity index (χ4v) is 11.0. The first-order chi connectivity index (χ1) is 28.5. The van der Waals surface area contributed by atoms with E-state index in [1.165, 1.54) is 40.8 Å². The number of benzene rings is 2. The average Bonchev–Trinajstić information content (AvgIpc) is 3.62. The van der Waals surface area contributed by atoms with Gasteiger partial charge in [0.05, 0.1) is 61.0 Å². The van der Waals surface area contributed by atoms with E-state index in [1.54, 1.807) is 19.4 Å². The van der Waals surface area contributed by atoms with Crippen LogP contribution >= 0.6 is 21.6 Å². The van der Waals surface area contributed by atoms with Crippen LogP contribution in [0.25, 0.3) is 0 Å². The molecule has 5 aliphatic rings. The Labute approximate surface area is 348 Å². The SMILES string of the molecule is COc1cccc2c1C(=O)c1c(O)c3c(c(O)c1C2=O)C[C@@](O)(/C(CO)=N/NC(=O)CCSSc1ccccn1)C[C@@H]3O[C@@H]1C[C@@H](C)[C@H]2O[C@@H]3[C@@H](OC)OCCN3[C@H]2C1. The summed E-state index contributed by atoms with van der Waals surface area (Å²) in [6.45, 7) is 2.34. The lowest BCUT2D eigenvalue weighted by atomic mass is 9.71. The van der Waals surface area contributed by atoms with Crippen LogP contribution in [-0.2, 0) is 30.2 Å². The van der Waals surface area contributed by atoms with Gasteiger partial charge in [-0.2, -0.15) is 5.10 Å². The Morgan fingerprint density at radius 3 is 2.64 bits per heavy atom. The number of hydrogen-bond donors (Lipinski definition) is 5. The highest BCUT2D eigenvalue weighted by atomic mass is 33.1. The van der Waals surface area contributed by atoms with Crippen LogP contribution in [0.3, 0.4) is 0 Å². The van der Waals surface area contributed by atoms with Crippen LogP contribution in [0.5, 0.6) is 17.2 Å². The standard InChI is InChI=1S/C41H46N4O12S2/c1-20-15-21(16-24-38(20)57-39-40(54-3)55-13-12-45(24)39)56-26-18-41(52,27(19-46)43-44-28(47)10-14-58-59-29-9-4-5-11-42-29)17-23-31(26)37(51)33-32(35(23)49)34(48)22-7-6-8-25(53-2)30(22)36(33)50/h4-9,11,20-21,24,26,38-40,46,49,51-52H,10,12-19H2,1-3H3,(H,44,47)/b43-27+/t20-,21-,24+,26+,38-,39-,40+,41+/m1/s1. The van der Waals surface area contributed by atoms with Gasteiger partial charge in [-0.1, -0.05) is 35.9 Å². The lowest BCUT2D eigenvalue weighted by Crippen LogP contribution is -2.54. The Hall–Kier alpha value is -4.11.